The van der Waals surface area contributed by atoms with Gasteiger partial charge >= 0.3 is 0 Å². The smallest absolute Gasteiger partial charge is 0.289 e. The van der Waals surface area contributed by atoms with E-state index < -0.39 is 17.6 Å². The van der Waals surface area contributed by atoms with Gasteiger partial charge in [-0.05, 0) is 90.8 Å². The molecule has 3 heterocycles. The quantitative estimate of drug-likeness (QED) is 0.0350. The number of nitrogens with one attached hydrogen (secondary N) is 5. The van der Waals surface area contributed by atoms with Gasteiger partial charge in [0, 0.05) is 128 Å². The van der Waals surface area contributed by atoms with E-state index in [1.54, 1.807) is 41.5 Å². The molecule has 0 aliphatic carbocycles. The number of anilines is 1. The van der Waals surface area contributed by atoms with Crippen molar-refractivity contribution >= 4 is 46.9 Å². The lowest BCUT2D eigenvalue weighted by Gasteiger charge is -2.35. The van der Waals surface area contributed by atoms with Crippen molar-refractivity contribution in [2.45, 2.75) is 92.2 Å². The molecule has 0 bridgehead atoms. The van der Waals surface area contributed by atoms with Crippen molar-refractivity contribution in [3.63, 3.8) is 0 Å². The standard InChI is InChI=1S/C58H75N13O9/c1-7-61-57(79)54(60)70(53(59)44-30-42(36(3)4)46(72)32-48(44)74)40-16-12-38(13-17-40)34-67-24-28-69(29-25-67)52(78)20-21-63-50(76)10-9-11-51(77)68-26-22-66(23-27-68)35-39-14-18-41(19-15-39)71-55(64-65-56(71)58(80)62-8-2)45-31-43(37(5)6)47(73)33-49(45)75/h12-19,30-33,36-37,59-60,72-75H,7-11,20-29,34-35H2,1-6H3,(H,61,79)(H,62,80)(H,63,76). The van der Waals surface area contributed by atoms with Gasteiger partial charge in [0.2, 0.25) is 23.5 Å². The number of rotatable bonds is 20. The Kier molecular flexibility index (Phi) is 20.0. The predicted molar refractivity (Wildman–Crippen MR) is 303 cm³/mol. The van der Waals surface area contributed by atoms with Crippen LogP contribution in [0, 0.1) is 10.8 Å². The molecule has 0 saturated carbocycles. The second kappa shape index (κ2) is 27.0. The van der Waals surface area contributed by atoms with Crippen LogP contribution in [0.2, 0.25) is 0 Å². The Morgan fingerprint density at radius 2 is 1.14 bits per heavy atom. The highest BCUT2D eigenvalue weighted by Gasteiger charge is 2.29. The number of carbonyl (C=O) groups is 5. The highest BCUT2D eigenvalue weighted by atomic mass is 16.3. The Labute approximate surface area is 466 Å². The lowest BCUT2D eigenvalue weighted by Crippen LogP contribution is -2.48. The molecule has 22 nitrogen and oxygen atoms in total. The van der Waals surface area contributed by atoms with Crippen LogP contribution in [-0.2, 0) is 32.3 Å². The number of phenols is 4. The van der Waals surface area contributed by atoms with Crippen LogP contribution in [0.3, 0.4) is 0 Å². The molecule has 1 aromatic heterocycles. The maximum atomic E-state index is 13.2. The largest absolute Gasteiger partial charge is 0.508 e. The Morgan fingerprint density at radius 1 is 0.613 bits per heavy atom. The lowest BCUT2D eigenvalue weighted by atomic mass is 9.98. The van der Waals surface area contributed by atoms with Gasteiger partial charge in [-0.15, -0.1) is 10.2 Å². The van der Waals surface area contributed by atoms with E-state index in [0.29, 0.717) is 106 Å². The van der Waals surface area contributed by atoms with Gasteiger partial charge in [0.15, 0.2) is 11.7 Å². The van der Waals surface area contributed by atoms with Crippen LogP contribution < -0.4 is 20.9 Å². The van der Waals surface area contributed by atoms with Gasteiger partial charge in [0.1, 0.15) is 28.8 Å². The number of aromatic nitrogens is 3. The Morgan fingerprint density at radius 3 is 1.69 bits per heavy atom. The molecular weight excluding hydrogens is 1020 g/mol. The first-order valence-electron chi connectivity index (χ1n) is 27.3. The second-order valence-electron chi connectivity index (χ2n) is 20.7. The minimum Gasteiger partial charge on any atom is -0.508 e. The SMILES string of the molecule is CCNC(=O)C(=N)N(C(=N)c1cc(C(C)C)c(O)cc1O)c1ccc(CN2CCN(C(=O)CCNC(=O)CCCC(=O)N3CCN(Cc4ccc(-n5c(C(=O)NCC)nnc5-c5cc(C(C)C)c(O)cc5O)cc4)CC3)CC2)cc1. The number of benzene rings is 4. The first kappa shape index (κ1) is 59.3. The zero-order valence-electron chi connectivity index (χ0n) is 46.5. The molecule has 426 valence electrons. The third-order valence-electron chi connectivity index (χ3n) is 14.3. The average Bonchev–Trinajstić information content (AvgIpc) is 3.93. The Hall–Kier alpha value is -8.37. The summed E-state index contributed by atoms with van der Waals surface area (Å²) in [4.78, 5) is 74.2. The molecule has 7 rings (SSSR count). The van der Waals surface area contributed by atoms with Crippen molar-refractivity contribution in [2.24, 2.45) is 0 Å². The highest BCUT2D eigenvalue weighted by molar-refractivity contribution is 6.48. The third-order valence-corrected chi connectivity index (χ3v) is 14.3. The molecule has 5 aromatic rings. The third kappa shape index (κ3) is 14.5. The zero-order valence-corrected chi connectivity index (χ0v) is 46.5. The van der Waals surface area contributed by atoms with Gasteiger partial charge in [0.05, 0.1) is 11.1 Å². The van der Waals surface area contributed by atoms with Crippen LogP contribution in [-0.4, -0.2) is 168 Å². The molecule has 2 aliphatic heterocycles. The summed E-state index contributed by atoms with van der Waals surface area (Å²) in [6.45, 7) is 17.9. The van der Waals surface area contributed by atoms with Crippen molar-refractivity contribution in [2.75, 3.05) is 76.9 Å². The number of likely N-dealkylation sites (N-methyl/N-ethyl adjacent to an activating group) is 1. The maximum Gasteiger partial charge on any atom is 0.289 e. The van der Waals surface area contributed by atoms with E-state index in [1.165, 1.54) is 12.1 Å². The monoisotopic (exact) mass is 1100 g/mol. The minimum absolute atomic E-state index is 0.00677. The first-order valence-corrected chi connectivity index (χ1v) is 27.3. The average molecular weight is 1100 g/mol. The molecule has 2 saturated heterocycles. The van der Waals surface area contributed by atoms with E-state index in [2.05, 4.69) is 35.9 Å². The van der Waals surface area contributed by atoms with Gasteiger partial charge in [-0.2, -0.15) is 0 Å². The number of amides is 5. The Balaban J connectivity index is 0.809. The molecular formula is C58H75N13O9. The van der Waals surface area contributed by atoms with E-state index in [1.807, 2.05) is 69.0 Å². The molecule has 0 radical (unpaired) electrons. The van der Waals surface area contributed by atoms with E-state index in [9.17, 15) is 44.4 Å². The molecule has 0 atom stereocenters. The summed E-state index contributed by atoms with van der Waals surface area (Å²) in [6, 6.07) is 20.4. The molecule has 0 spiro atoms. The minimum atomic E-state index is -0.694. The molecule has 2 fully saturated rings. The topological polar surface area (TPSA) is 297 Å². The molecule has 5 amide bonds. The normalized spacial score (nSPS) is 14.1. The summed E-state index contributed by atoms with van der Waals surface area (Å²) in [5, 5.41) is 77.0. The summed E-state index contributed by atoms with van der Waals surface area (Å²) in [7, 11) is 0. The van der Waals surface area contributed by atoms with E-state index in [0.717, 1.165) is 22.1 Å². The number of piperazine rings is 2. The summed E-state index contributed by atoms with van der Waals surface area (Å²) in [5.74, 6) is -2.78. The van der Waals surface area contributed by atoms with Crippen LogP contribution >= 0.6 is 0 Å². The molecule has 9 N–H and O–H groups in total. The van der Waals surface area contributed by atoms with Crippen molar-refractivity contribution in [3.8, 4) is 40.1 Å². The van der Waals surface area contributed by atoms with E-state index in [-0.39, 0.29) is 108 Å². The van der Waals surface area contributed by atoms with Crippen molar-refractivity contribution in [1.29, 1.82) is 10.8 Å². The van der Waals surface area contributed by atoms with E-state index in [4.69, 9.17) is 10.8 Å². The fourth-order valence-electron chi connectivity index (χ4n) is 9.85. The lowest BCUT2D eigenvalue weighted by molar-refractivity contribution is -0.133. The van der Waals surface area contributed by atoms with Gasteiger partial charge in [-0.1, -0.05) is 52.0 Å². The van der Waals surface area contributed by atoms with Gasteiger partial charge < -0.3 is 46.2 Å². The predicted octanol–water partition coefficient (Wildman–Crippen LogP) is 5.36. The maximum absolute atomic E-state index is 13.2. The highest BCUT2D eigenvalue weighted by Crippen LogP contribution is 2.39. The first-order chi connectivity index (χ1) is 38.3. The zero-order chi connectivity index (χ0) is 57.8. The van der Waals surface area contributed by atoms with Crippen LogP contribution in [0.4, 0.5) is 5.69 Å². The van der Waals surface area contributed by atoms with Crippen LogP contribution in [0.25, 0.3) is 17.1 Å². The molecule has 80 heavy (non-hydrogen) atoms. The van der Waals surface area contributed by atoms with Crippen LogP contribution in [0.5, 0.6) is 23.0 Å². The van der Waals surface area contributed by atoms with Crippen molar-refractivity contribution in [1.82, 2.24) is 50.3 Å². The molecule has 2 aliphatic rings. The van der Waals surface area contributed by atoms with Crippen LogP contribution in [0.1, 0.15) is 117 Å². The fraction of sp³-hybridized carbons (Fsp3) is 0.431. The molecule has 22 heteroatoms. The van der Waals surface area contributed by atoms with Gasteiger partial charge in [-0.3, -0.25) is 54.1 Å². The van der Waals surface area contributed by atoms with E-state index >= 15 is 0 Å². The molecule has 4 aromatic carbocycles. The number of amidine groups is 2. The fourth-order valence-corrected chi connectivity index (χ4v) is 9.85. The summed E-state index contributed by atoms with van der Waals surface area (Å²) < 4.78 is 1.59. The van der Waals surface area contributed by atoms with Gasteiger partial charge in [0.25, 0.3) is 11.8 Å². The Bertz CT molecular complexity index is 3050. The summed E-state index contributed by atoms with van der Waals surface area (Å²) in [6.07, 6.45) is 0.960. The number of phenolic OH excluding ortho intramolecular Hbond substituents is 4. The van der Waals surface area contributed by atoms with Crippen molar-refractivity contribution < 1.29 is 44.4 Å². The number of carbonyl (C=O) groups excluding carboxylic acids is 5. The number of nitrogens with zero attached hydrogens (tertiary/aromatic N) is 8. The van der Waals surface area contributed by atoms with Crippen LogP contribution in [0.15, 0.2) is 72.8 Å². The van der Waals surface area contributed by atoms with Gasteiger partial charge in [-0.25, -0.2) is 0 Å². The number of hydrogen-bond acceptors (Lipinski definition) is 15. The summed E-state index contributed by atoms with van der Waals surface area (Å²) in [5.41, 5.74) is 4.44. The number of aromatic hydroxyl groups is 4. The second-order valence-corrected chi connectivity index (χ2v) is 20.7. The number of hydrogen-bond donors (Lipinski definition) is 9. The van der Waals surface area contributed by atoms with Crippen molar-refractivity contribution in [3.05, 3.63) is 106 Å². The molecule has 0 unspecified atom stereocenters. The summed E-state index contributed by atoms with van der Waals surface area (Å²) >= 11 is 0.